The third-order valence-corrected chi connectivity index (χ3v) is 9.21. The average molecular weight is 641 g/mol. The molecule has 1 heterocycles. The number of anilines is 2. The van der Waals surface area contributed by atoms with Crippen LogP contribution in [0, 0.1) is 17.1 Å². The van der Waals surface area contributed by atoms with E-state index in [1.165, 1.54) is 6.07 Å². The maximum absolute atomic E-state index is 16.2. The van der Waals surface area contributed by atoms with Gasteiger partial charge in [0, 0.05) is 27.9 Å². The van der Waals surface area contributed by atoms with Crippen molar-refractivity contribution in [2.45, 2.75) is 18.9 Å². The minimum Gasteiger partial charge on any atom is -0.289 e. The van der Waals surface area contributed by atoms with Crippen LogP contribution >= 0.6 is 0 Å². The summed E-state index contributed by atoms with van der Waals surface area (Å²) in [5, 5.41) is 15.2. The lowest BCUT2D eigenvalue weighted by Gasteiger charge is -2.47. The van der Waals surface area contributed by atoms with Gasteiger partial charge in [0.15, 0.2) is 6.67 Å². The lowest BCUT2D eigenvalue weighted by atomic mass is 9.75. The van der Waals surface area contributed by atoms with Gasteiger partial charge in [0.2, 0.25) is 17.7 Å². The van der Waals surface area contributed by atoms with Crippen LogP contribution in [0.5, 0.6) is 0 Å². The van der Waals surface area contributed by atoms with Crippen LogP contribution in [-0.2, 0) is 12.0 Å². The van der Waals surface area contributed by atoms with E-state index in [9.17, 15) is 5.26 Å². The number of aliphatic imine (C=N–C) groups is 1. The van der Waals surface area contributed by atoms with Gasteiger partial charge in [-0.25, -0.2) is 4.39 Å². The minimum absolute atomic E-state index is 0.0783. The van der Waals surface area contributed by atoms with Crippen molar-refractivity contribution in [3.8, 4) is 6.07 Å². The molecular formula is C43H35FN5+. The first-order chi connectivity index (χ1) is 24.1. The maximum Gasteiger partial charge on any atom is 0.221 e. The molecule has 7 rings (SSSR count). The van der Waals surface area contributed by atoms with Crippen molar-refractivity contribution in [2.24, 2.45) is 10.1 Å². The van der Waals surface area contributed by atoms with Gasteiger partial charge in [-0.15, -0.1) is 4.59 Å². The van der Waals surface area contributed by atoms with Crippen LogP contribution in [0.1, 0.15) is 40.3 Å². The molecule has 6 aromatic rings. The highest BCUT2D eigenvalue weighted by atomic mass is 19.1. The van der Waals surface area contributed by atoms with E-state index in [-0.39, 0.29) is 17.1 Å². The molecule has 6 aromatic carbocycles. The molecule has 1 atom stereocenters. The first kappa shape index (κ1) is 31.4. The summed E-state index contributed by atoms with van der Waals surface area (Å²) in [6.45, 7) is 2.22. The number of nitriles is 1. The number of nitrogens with zero attached hydrogens (tertiary/aromatic N) is 5. The van der Waals surface area contributed by atoms with Gasteiger partial charge in [0.25, 0.3) is 0 Å². The predicted molar refractivity (Wildman–Crippen MR) is 195 cm³/mol. The largest absolute Gasteiger partial charge is 0.289 e. The van der Waals surface area contributed by atoms with Gasteiger partial charge in [-0.1, -0.05) is 139 Å². The molecule has 1 aliphatic rings. The Hall–Kier alpha value is -6.16. The zero-order chi connectivity index (χ0) is 33.7. The highest BCUT2D eigenvalue weighted by molar-refractivity contribution is 6.03. The van der Waals surface area contributed by atoms with E-state index in [0.29, 0.717) is 17.1 Å². The quantitative estimate of drug-likeness (QED) is 0.111. The number of hydrogen-bond donors (Lipinski definition) is 0. The fourth-order valence-corrected chi connectivity index (χ4v) is 6.85. The molecule has 0 radical (unpaired) electrons. The number of rotatable bonds is 10. The molecule has 0 fully saturated rings. The number of aryl methyl sites for hydroxylation is 1. The monoisotopic (exact) mass is 640 g/mol. The molecule has 1 unspecified atom stereocenters. The maximum atomic E-state index is 16.2. The van der Waals surface area contributed by atoms with E-state index in [1.54, 1.807) is 12.1 Å². The second-order valence-electron chi connectivity index (χ2n) is 12.0. The van der Waals surface area contributed by atoms with Gasteiger partial charge in [-0.05, 0) is 48.4 Å². The number of quaternary nitrogens is 1. The summed E-state index contributed by atoms with van der Waals surface area (Å²) >= 11 is 0. The SMILES string of the molecule is CCc1ccc(F)c(N(C[N+]2(C(c3ccccc3)(c3ccccc3)c3ccccc3)C=NC(c3ccccc3)=N2)c2ccc(C#N)cc2)c1. The first-order valence-corrected chi connectivity index (χ1v) is 16.4. The van der Waals surface area contributed by atoms with Crippen LogP contribution in [-0.4, -0.2) is 23.4 Å². The van der Waals surface area contributed by atoms with E-state index in [0.717, 1.165) is 39.9 Å². The summed E-state index contributed by atoms with van der Waals surface area (Å²) < 4.78 is 16.1. The molecule has 0 aromatic heterocycles. The average Bonchev–Trinajstić information content (AvgIpc) is 3.61. The first-order valence-electron chi connectivity index (χ1n) is 16.4. The molecule has 1 aliphatic heterocycles. The number of amidine groups is 1. The summed E-state index contributed by atoms with van der Waals surface area (Å²) in [4.78, 5) is 7.03. The van der Waals surface area contributed by atoms with Gasteiger partial charge in [0.1, 0.15) is 5.82 Å². The number of halogens is 1. The molecule has 0 spiro atoms. The van der Waals surface area contributed by atoms with Crippen molar-refractivity contribution < 1.29 is 8.98 Å². The van der Waals surface area contributed by atoms with E-state index in [2.05, 4.69) is 49.4 Å². The van der Waals surface area contributed by atoms with Crippen LogP contribution in [0.25, 0.3) is 0 Å². The Bertz CT molecular complexity index is 2050. The highest BCUT2D eigenvalue weighted by Gasteiger charge is 2.59. The predicted octanol–water partition coefficient (Wildman–Crippen LogP) is 9.57. The molecule has 238 valence electrons. The van der Waals surface area contributed by atoms with Crippen molar-refractivity contribution in [3.05, 3.63) is 203 Å². The fraction of sp³-hybridized carbons (Fsp3) is 0.0930. The van der Waals surface area contributed by atoms with Crippen molar-refractivity contribution in [1.29, 1.82) is 5.26 Å². The summed E-state index contributed by atoms with van der Waals surface area (Å²) in [6.07, 6.45) is 2.65. The van der Waals surface area contributed by atoms with E-state index >= 15 is 4.39 Å². The van der Waals surface area contributed by atoms with Gasteiger partial charge >= 0.3 is 0 Å². The van der Waals surface area contributed by atoms with Crippen LogP contribution in [0.2, 0.25) is 0 Å². The third kappa shape index (κ3) is 5.71. The summed E-state index contributed by atoms with van der Waals surface area (Å²) in [7, 11) is 0. The van der Waals surface area contributed by atoms with Crippen LogP contribution in [0.3, 0.4) is 0 Å². The van der Waals surface area contributed by atoms with E-state index < -0.39 is 5.54 Å². The minimum atomic E-state index is -0.979. The number of benzene rings is 6. The third-order valence-electron chi connectivity index (χ3n) is 9.21. The molecule has 0 amide bonds. The van der Waals surface area contributed by atoms with Gasteiger partial charge in [-0.3, -0.25) is 4.90 Å². The molecule has 0 N–H and O–H groups in total. The van der Waals surface area contributed by atoms with Crippen molar-refractivity contribution in [2.75, 3.05) is 11.6 Å². The van der Waals surface area contributed by atoms with Crippen LogP contribution in [0.4, 0.5) is 15.8 Å². The second-order valence-corrected chi connectivity index (χ2v) is 12.0. The van der Waals surface area contributed by atoms with E-state index in [1.807, 2.05) is 120 Å². The summed E-state index contributed by atoms with van der Waals surface area (Å²) in [5.41, 5.74) is 5.57. The number of hydrogen-bond acceptors (Lipinski definition) is 4. The highest BCUT2D eigenvalue weighted by Crippen LogP contribution is 2.49. The Morgan fingerprint density at radius 3 is 1.73 bits per heavy atom. The fourth-order valence-electron chi connectivity index (χ4n) is 6.85. The molecule has 0 saturated carbocycles. The lowest BCUT2D eigenvalue weighted by molar-refractivity contribution is -0.887. The summed E-state index contributed by atoms with van der Waals surface area (Å²) in [6, 6.07) is 55.8. The van der Waals surface area contributed by atoms with Gasteiger partial charge in [0.05, 0.1) is 17.3 Å². The molecule has 5 nitrogen and oxygen atoms in total. The standard InChI is InChI=1S/C43H35FN5/c1-2-33-25-28-40(44)41(29-33)48(39-26-23-34(30-45)24-27-39)32-49(31-46-42(47-49)35-15-7-3-8-16-35)43(36-17-9-4-10-18-36,37-19-11-5-12-20-37)38-21-13-6-14-22-38/h3-29,31H,2,32H2,1H3/q+1. The van der Waals surface area contributed by atoms with Crippen molar-refractivity contribution in [3.63, 3.8) is 0 Å². The Kier molecular flexibility index (Phi) is 8.68. The van der Waals surface area contributed by atoms with Gasteiger partial charge in [-0.2, -0.15) is 10.3 Å². The smallest absolute Gasteiger partial charge is 0.221 e. The molecule has 6 heteroatoms. The van der Waals surface area contributed by atoms with Crippen LogP contribution < -0.4 is 4.90 Å². The van der Waals surface area contributed by atoms with E-state index in [4.69, 9.17) is 10.1 Å². The van der Waals surface area contributed by atoms with Gasteiger partial charge < -0.3 is 0 Å². The van der Waals surface area contributed by atoms with Crippen molar-refractivity contribution in [1.82, 2.24) is 0 Å². The topological polar surface area (TPSA) is 51.8 Å². The Morgan fingerprint density at radius 1 is 0.694 bits per heavy atom. The van der Waals surface area contributed by atoms with Crippen molar-refractivity contribution >= 4 is 23.5 Å². The molecule has 49 heavy (non-hydrogen) atoms. The lowest BCUT2D eigenvalue weighted by Crippen LogP contribution is -2.62. The Morgan fingerprint density at radius 2 is 1.22 bits per heavy atom. The molecule has 0 bridgehead atoms. The zero-order valence-corrected chi connectivity index (χ0v) is 27.2. The molecular weight excluding hydrogens is 606 g/mol. The Balaban J connectivity index is 1.59. The molecule has 0 aliphatic carbocycles. The second kappa shape index (κ2) is 13.5. The van der Waals surface area contributed by atoms with Crippen LogP contribution in [0.15, 0.2) is 174 Å². The summed E-state index contributed by atoms with van der Waals surface area (Å²) in [5.74, 6) is 0.225. The Labute approximate surface area is 286 Å². The zero-order valence-electron chi connectivity index (χ0n) is 27.2. The molecule has 0 saturated heterocycles. The normalized spacial score (nSPS) is 15.4.